The van der Waals surface area contributed by atoms with E-state index in [0.717, 1.165) is 31.5 Å². The maximum atomic E-state index is 13.4. The molecule has 1 saturated heterocycles. The number of ether oxygens (including phenoxy) is 2. The molecule has 3 nitrogen and oxygen atoms in total. The minimum absolute atomic E-state index is 0.244. The zero-order chi connectivity index (χ0) is 12.1. The fourth-order valence-corrected chi connectivity index (χ4v) is 1.98. The van der Waals surface area contributed by atoms with Crippen LogP contribution >= 0.6 is 0 Å². The number of piperidine rings is 1. The molecule has 1 N–H and O–H groups in total. The van der Waals surface area contributed by atoms with Gasteiger partial charge in [0, 0.05) is 6.54 Å². The molecule has 0 amide bonds. The molecule has 4 heteroatoms. The second kappa shape index (κ2) is 5.98. The number of halogens is 1. The molecule has 1 heterocycles. The number of rotatable bonds is 4. The van der Waals surface area contributed by atoms with Gasteiger partial charge in [-0.05, 0) is 37.1 Å². The first-order valence-electron chi connectivity index (χ1n) is 5.94. The molecule has 94 valence electrons. The van der Waals surface area contributed by atoms with Gasteiger partial charge in [-0.15, -0.1) is 0 Å². The molecule has 1 aliphatic rings. The van der Waals surface area contributed by atoms with Crippen molar-refractivity contribution in [2.75, 3.05) is 20.2 Å². The molecule has 17 heavy (non-hydrogen) atoms. The summed E-state index contributed by atoms with van der Waals surface area (Å²) in [5.74, 6) is -0.0662. The van der Waals surface area contributed by atoms with Crippen LogP contribution in [0.15, 0.2) is 18.2 Å². The Kier molecular flexibility index (Phi) is 4.34. The Morgan fingerprint density at radius 1 is 1.47 bits per heavy atom. The van der Waals surface area contributed by atoms with Gasteiger partial charge in [-0.1, -0.05) is 6.07 Å². The summed E-state index contributed by atoms with van der Waals surface area (Å²) < 4.78 is 24.0. The summed E-state index contributed by atoms with van der Waals surface area (Å²) >= 11 is 0. The molecular formula is C13H18FNO2. The summed E-state index contributed by atoms with van der Waals surface area (Å²) in [6.45, 7) is 2.41. The Morgan fingerprint density at radius 3 is 3.00 bits per heavy atom. The Labute approximate surface area is 101 Å². The predicted octanol–water partition coefficient (Wildman–Crippen LogP) is 2.10. The van der Waals surface area contributed by atoms with E-state index in [2.05, 4.69) is 5.32 Å². The second-order valence-electron chi connectivity index (χ2n) is 4.25. The maximum Gasteiger partial charge on any atom is 0.165 e. The van der Waals surface area contributed by atoms with Gasteiger partial charge >= 0.3 is 0 Å². The third kappa shape index (κ3) is 3.41. The van der Waals surface area contributed by atoms with E-state index in [1.54, 1.807) is 6.07 Å². The van der Waals surface area contributed by atoms with Gasteiger partial charge in [0.25, 0.3) is 0 Å². The summed E-state index contributed by atoms with van der Waals surface area (Å²) in [6.07, 6.45) is 2.46. The Hall–Kier alpha value is -1.13. The third-order valence-electron chi connectivity index (χ3n) is 2.95. The molecule has 1 aliphatic heterocycles. The van der Waals surface area contributed by atoms with Gasteiger partial charge in [0.1, 0.15) is 0 Å². The molecule has 0 saturated carbocycles. The highest BCUT2D eigenvalue weighted by atomic mass is 19.1. The minimum atomic E-state index is -0.338. The quantitative estimate of drug-likeness (QED) is 0.873. The van der Waals surface area contributed by atoms with E-state index in [1.807, 2.05) is 6.07 Å². The SMILES string of the molecule is COc1ccc(COC2CCCNC2)cc1F. The van der Waals surface area contributed by atoms with Crippen molar-refractivity contribution in [2.45, 2.75) is 25.6 Å². The summed E-state index contributed by atoms with van der Waals surface area (Å²) in [7, 11) is 1.46. The minimum Gasteiger partial charge on any atom is -0.494 e. The van der Waals surface area contributed by atoms with Crippen molar-refractivity contribution < 1.29 is 13.9 Å². The molecular weight excluding hydrogens is 221 g/mol. The molecule has 1 aromatic rings. The monoisotopic (exact) mass is 239 g/mol. The largest absolute Gasteiger partial charge is 0.494 e. The molecule has 0 aromatic heterocycles. The van der Waals surface area contributed by atoms with E-state index >= 15 is 0 Å². The normalized spacial score (nSPS) is 20.2. The Balaban J connectivity index is 1.87. The molecule has 1 aromatic carbocycles. The first kappa shape index (κ1) is 12.3. The van der Waals surface area contributed by atoms with Gasteiger partial charge in [0.15, 0.2) is 11.6 Å². The van der Waals surface area contributed by atoms with Gasteiger partial charge in [-0.3, -0.25) is 0 Å². The van der Waals surface area contributed by atoms with Crippen LogP contribution < -0.4 is 10.1 Å². The molecule has 1 atom stereocenters. The summed E-state index contributed by atoms with van der Waals surface area (Å²) in [6, 6.07) is 4.93. The molecule has 0 aliphatic carbocycles. The van der Waals surface area contributed by atoms with Crippen molar-refractivity contribution in [2.24, 2.45) is 0 Å². The summed E-state index contributed by atoms with van der Waals surface area (Å²) in [4.78, 5) is 0. The lowest BCUT2D eigenvalue weighted by atomic mass is 10.1. The second-order valence-corrected chi connectivity index (χ2v) is 4.25. The zero-order valence-corrected chi connectivity index (χ0v) is 10.0. The van der Waals surface area contributed by atoms with E-state index in [0.29, 0.717) is 6.61 Å². The van der Waals surface area contributed by atoms with Crippen LogP contribution in [0.2, 0.25) is 0 Å². The number of nitrogens with one attached hydrogen (secondary N) is 1. The van der Waals surface area contributed by atoms with Crippen LogP contribution in [0.3, 0.4) is 0 Å². The lowest BCUT2D eigenvalue weighted by molar-refractivity contribution is 0.0251. The molecule has 1 fully saturated rings. The van der Waals surface area contributed by atoms with Crippen molar-refractivity contribution in [1.82, 2.24) is 5.32 Å². The highest BCUT2D eigenvalue weighted by Gasteiger charge is 2.13. The van der Waals surface area contributed by atoms with E-state index in [9.17, 15) is 4.39 Å². The maximum absolute atomic E-state index is 13.4. The van der Waals surface area contributed by atoms with Crippen molar-refractivity contribution in [3.63, 3.8) is 0 Å². The van der Waals surface area contributed by atoms with Crippen molar-refractivity contribution in [1.29, 1.82) is 0 Å². The summed E-state index contributed by atoms with van der Waals surface area (Å²) in [5, 5.41) is 3.28. The van der Waals surface area contributed by atoms with Crippen molar-refractivity contribution in [3.8, 4) is 5.75 Å². The zero-order valence-electron chi connectivity index (χ0n) is 10.0. The molecule has 0 radical (unpaired) electrons. The van der Waals surface area contributed by atoms with Gasteiger partial charge in [0.2, 0.25) is 0 Å². The Bertz CT molecular complexity index is 364. The van der Waals surface area contributed by atoms with Crippen LogP contribution in [0.1, 0.15) is 18.4 Å². The van der Waals surface area contributed by atoms with Gasteiger partial charge < -0.3 is 14.8 Å². The first-order valence-corrected chi connectivity index (χ1v) is 5.94. The smallest absolute Gasteiger partial charge is 0.165 e. The van der Waals surface area contributed by atoms with Crippen LogP contribution in [0, 0.1) is 5.82 Å². The number of hydrogen-bond acceptors (Lipinski definition) is 3. The highest BCUT2D eigenvalue weighted by molar-refractivity contribution is 5.28. The van der Waals surface area contributed by atoms with E-state index in [-0.39, 0.29) is 17.7 Å². The summed E-state index contributed by atoms with van der Waals surface area (Å²) in [5.41, 5.74) is 0.842. The van der Waals surface area contributed by atoms with Crippen molar-refractivity contribution in [3.05, 3.63) is 29.6 Å². The number of methoxy groups -OCH3 is 1. The highest BCUT2D eigenvalue weighted by Crippen LogP contribution is 2.19. The molecule has 0 spiro atoms. The van der Waals surface area contributed by atoms with Crippen molar-refractivity contribution >= 4 is 0 Å². The van der Waals surface area contributed by atoms with E-state index in [1.165, 1.54) is 13.2 Å². The first-order chi connectivity index (χ1) is 8.29. The van der Waals surface area contributed by atoms with Crippen LogP contribution in [0.4, 0.5) is 4.39 Å². The third-order valence-corrected chi connectivity index (χ3v) is 2.95. The number of benzene rings is 1. The average Bonchev–Trinajstić information content (AvgIpc) is 2.38. The van der Waals surface area contributed by atoms with Crippen LogP contribution in [-0.2, 0) is 11.3 Å². The fourth-order valence-electron chi connectivity index (χ4n) is 1.98. The van der Waals surface area contributed by atoms with Gasteiger partial charge in [-0.2, -0.15) is 0 Å². The molecule has 2 rings (SSSR count). The lowest BCUT2D eigenvalue weighted by Gasteiger charge is -2.23. The van der Waals surface area contributed by atoms with Gasteiger partial charge in [-0.25, -0.2) is 4.39 Å². The average molecular weight is 239 g/mol. The number of hydrogen-bond donors (Lipinski definition) is 1. The van der Waals surface area contributed by atoms with E-state index in [4.69, 9.17) is 9.47 Å². The Morgan fingerprint density at radius 2 is 2.35 bits per heavy atom. The van der Waals surface area contributed by atoms with Crippen LogP contribution in [0.5, 0.6) is 5.75 Å². The topological polar surface area (TPSA) is 30.5 Å². The molecule has 1 unspecified atom stereocenters. The van der Waals surface area contributed by atoms with Gasteiger partial charge in [0.05, 0.1) is 19.8 Å². The molecule has 0 bridgehead atoms. The van der Waals surface area contributed by atoms with Crippen LogP contribution in [-0.4, -0.2) is 26.3 Å². The van der Waals surface area contributed by atoms with Crippen LogP contribution in [0.25, 0.3) is 0 Å². The fraction of sp³-hybridized carbons (Fsp3) is 0.538. The standard InChI is InChI=1S/C13H18FNO2/c1-16-13-5-4-10(7-12(13)14)9-17-11-3-2-6-15-8-11/h4-5,7,11,15H,2-3,6,8-9H2,1H3. The lowest BCUT2D eigenvalue weighted by Crippen LogP contribution is -2.35. The predicted molar refractivity (Wildman–Crippen MR) is 63.6 cm³/mol. The van der Waals surface area contributed by atoms with E-state index < -0.39 is 0 Å².